The Morgan fingerprint density at radius 3 is 2.36 bits per heavy atom. The molecule has 2 N–H and O–H groups in total. The highest BCUT2D eigenvalue weighted by Crippen LogP contribution is 2.14. The van der Waals surface area contributed by atoms with Crippen LogP contribution in [0.3, 0.4) is 0 Å². The fraction of sp³-hybridized carbons (Fsp3) is 0.263. The lowest BCUT2D eigenvalue weighted by atomic mass is 10.2. The number of benzene rings is 2. The highest BCUT2D eigenvalue weighted by Gasteiger charge is 2.05. The number of hydrogen-bond donors (Lipinski definition) is 2. The number of hydrogen-bond acceptors (Lipinski definition) is 3. The Balaban J connectivity index is 1.59. The van der Waals surface area contributed by atoms with E-state index in [4.69, 9.17) is 0 Å². The minimum Gasteiger partial charge on any atom is -0.355 e. The van der Waals surface area contributed by atoms with Gasteiger partial charge in [0.25, 0.3) is 0 Å². The van der Waals surface area contributed by atoms with Crippen molar-refractivity contribution in [3.05, 3.63) is 64.1 Å². The summed E-state index contributed by atoms with van der Waals surface area (Å²) in [5.74, 6) is 1.03. The quantitative estimate of drug-likeness (QED) is 0.674. The van der Waals surface area contributed by atoms with Gasteiger partial charge in [0.15, 0.2) is 0 Å². The second-order valence-electron chi connectivity index (χ2n) is 5.63. The second kappa shape index (κ2) is 10.3. The number of carbonyl (C=O) groups excluding carboxylic acids is 2. The first-order valence-electron chi connectivity index (χ1n) is 7.98. The molecule has 2 amide bonds. The van der Waals surface area contributed by atoms with Crippen molar-refractivity contribution in [2.24, 2.45) is 0 Å². The number of halogens is 1. The van der Waals surface area contributed by atoms with E-state index in [1.165, 1.54) is 11.1 Å². The van der Waals surface area contributed by atoms with E-state index in [9.17, 15) is 9.59 Å². The first-order valence-corrected chi connectivity index (χ1v) is 9.93. The van der Waals surface area contributed by atoms with E-state index in [-0.39, 0.29) is 18.2 Å². The van der Waals surface area contributed by atoms with Crippen LogP contribution in [0.5, 0.6) is 0 Å². The van der Waals surface area contributed by atoms with Crippen molar-refractivity contribution in [3.8, 4) is 0 Å². The second-order valence-corrected chi connectivity index (χ2v) is 7.53. The summed E-state index contributed by atoms with van der Waals surface area (Å²) in [5.41, 5.74) is 3.18. The zero-order valence-electron chi connectivity index (χ0n) is 14.0. The molecule has 132 valence electrons. The van der Waals surface area contributed by atoms with E-state index < -0.39 is 0 Å². The maximum absolute atomic E-state index is 11.8. The molecule has 0 aliphatic carbocycles. The number of amides is 2. The Morgan fingerprint density at radius 2 is 1.68 bits per heavy atom. The number of rotatable bonds is 8. The summed E-state index contributed by atoms with van der Waals surface area (Å²) in [7, 11) is 0. The fourth-order valence-electron chi connectivity index (χ4n) is 2.07. The fourth-order valence-corrected chi connectivity index (χ4v) is 3.15. The molecular formula is C19H21BrN2O2S. The van der Waals surface area contributed by atoms with Crippen LogP contribution in [-0.2, 0) is 15.3 Å². The van der Waals surface area contributed by atoms with Gasteiger partial charge in [0, 0.05) is 28.9 Å². The third-order valence-corrected chi connectivity index (χ3v) is 4.96. The summed E-state index contributed by atoms with van der Waals surface area (Å²) in [5, 5.41) is 5.57. The number of nitrogens with one attached hydrogen (secondary N) is 2. The normalized spacial score (nSPS) is 10.3. The highest BCUT2D eigenvalue weighted by molar-refractivity contribution is 9.10. The van der Waals surface area contributed by atoms with Crippen molar-refractivity contribution in [3.63, 3.8) is 0 Å². The molecule has 0 saturated heterocycles. The lowest BCUT2D eigenvalue weighted by Gasteiger charge is -2.07. The Hall–Kier alpha value is -1.79. The van der Waals surface area contributed by atoms with Crippen LogP contribution in [0, 0.1) is 6.92 Å². The largest absolute Gasteiger partial charge is 0.355 e. The third-order valence-electron chi connectivity index (χ3n) is 3.42. The van der Waals surface area contributed by atoms with Crippen LogP contribution < -0.4 is 10.6 Å². The lowest BCUT2D eigenvalue weighted by Crippen LogP contribution is -2.29. The predicted octanol–water partition coefficient (Wildman–Crippen LogP) is 4.14. The lowest BCUT2D eigenvalue weighted by molar-refractivity contribution is -0.119. The van der Waals surface area contributed by atoms with Crippen molar-refractivity contribution in [2.75, 3.05) is 17.6 Å². The van der Waals surface area contributed by atoms with Crippen molar-refractivity contribution < 1.29 is 9.59 Å². The van der Waals surface area contributed by atoms with Gasteiger partial charge in [0.1, 0.15) is 0 Å². The molecule has 0 radical (unpaired) electrons. The van der Waals surface area contributed by atoms with Crippen LogP contribution in [0.15, 0.2) is 53.0 Å². The highest BCUT2D eigenvalue weighted by atomic mass is 79.9. The van der Waals surface area contributed by atoms with Crippen LogP contribution in [0.1, 0.15) is 17.5 Å². The maximum atomic E-state index is 11.8. The molecule has 0 aliphatic rings. The smallest absolute Gasteiger partial charge is 0.230 e. The molecule has 2 aromatic rings. The molecule has 0 bridgehead atoms. The molecule has 2 rings (SSSR count). The van der Waals surface area contributed by atoms with Gasteiger partial charge in [-0.3, -0.25) is 9.59 Å². The van der Waals surface area contributed by atoms with Gasteiger partial charge < -0.3 is 10.6 Å². The van der Waals surface area contributed by atoms with Crippen LogP contribution >= 0.6 is 27.7 Å². The summed E-state index contributed by atoms with van der Waals surface area (Å²) in [4.78, 5) is 23.6. The molecule has 25 heavy (non-hydrogen) atoms. The summed E-state index contributed by atoms with van der Waals surface area (Å²) >= 11 is 4.91. The summed E-state index contributed by atoms with van der Waals surface area (Å²) in [6.07, 6.45) is 0.254. The van der Waals surface area contributed by atoms with E-state index in [1.807, 2.05) is 24.3 Å². The van der Waals surface area contributed by atoms with E-state index in [2.05, 4.69) is 57.8 Å². The molecule has 0 atom stereocenters. The number of anilines is 1. The molecule has 0 aliphatic heterocycles. The minimum atomic E-state index is -0.116. The topological polar surface area (TPSA) is 58.2 Å². The van der Waals surface area contributed by atoms with Crippen LogP contribution in [0.4, 0.5) is 5.69 Å². The van der Waals surface area contributed by atoms with Gasteiger partial charge in [-0.15, -0.1) is 11.8 Å². The molecular weight excluding hydrogens is 400 g/mol. The van der Waals surface area contributed by atoms with Gasteiger partial charge in [-0.25, -0.2) is 0 Å². The number of aryl methyl sites for hydroxylation is 1. The van der Waals surface area contributed by atoms with E-state index >= 15 is 0 Å². The molecule has 0 aromatic heterocycles. The van der Waals surface area contributed by atoms with Gasteiger partial charge in [-0.05, 0) is 36.8 Å². The number of thioether (sulfide) groups is 1. The van der Waals surface area contributed by atoms with Crippen LogP contribution in [0.2, 0.25) is 0 Å². The van der Waals surface area contributed by atoms with E-state index in [1.54, 1.807) is 11.8 Å². The SMILES string of the molecule is Cc1ccc(CSCC(=O)NCCC(=O)Nc2ccc(Br)cc2)cc1. The monoisotopic (exact) mass is 420 g/mol. The molecule has 0 fully saturated rings. The molecule has 0 heterocycles. The summed E-state index contributed by atoms with van der Waals surface area (Å²) < 4.78 is 0.959. The van der Waals surface area contributed by atoms with Gasteiger partial charge in [-0.2, -0.15) is 0 Å². The van der Waals surface area contributed by atoms with Gasteiger partial charge in [-0.1, -0.05) is 45.8 Å². The summed E-state index contributed by atoms with van der Waals surface area (Å²) in [6, 6.07) is 15.7. The van der Waals surface area contributed by atoms with Gasteiger partial charge >= 0.3 is 0 Å². The standard InChI is InChI=1S/C19H21BrN2O2S/c1-14-2-4-15(5-3-14)12-25-13-19(24)21-11-10-18(23)22-17-8-6-16(20)7-9-17/h2-9H,10-13H2,1H3,(H,21,24)(H,22,23). The molecule has 4 nitrogen and oxygen atoms in total. The van der Waals surface area contributed by atoms with Crippen molar-refractivity contribution in [1.29, 1.82) is 0 Å². The van der Waals surface area contributed by atoms with E-state index in [0.717, 1.165) is 15.9 Å². The Labute approximate surface area is 160 Å². The van der Waals surface area contributed by atoms with Crippen molar-refractivity contribution in [2.45, 2.75) is 19.1 Å². The molecule has 0 unspecified atom stereocenters. The van der Waals surface area contributed by atoms with Crippen LogP contribution in [0.25, 0.3) is 0 Å². The average Bonchev–Trinajstić information content (AvgIpc) is 2.59. The first-order chi connectivity index (χ1) is 12.0. The van der Waals surface area contributed by atoms with Crippen LogP contribution in [-0.4, -0.2) is 24.1 Å². The zero-order chi connectivity index (χ0) is 18.1. The average molecular weight is 421 g/mol. The minimum absolute atomic E-state index is 0.0476. The van der Waals surface area contributed by atoms with Crippen molar-refractivity contribution in [1.82, 2.24) is 5.32 Å². The predicted molar refractivity (Wildman–Crippen MR) is 108 cm³/mol. The first kappa shape index (κ1) is 19.5. The molecule has 0 saturated carbocycles. The zero-order valence-corrected chi connectivity index (χ0v) is 16.5. The Bertz CT molecular complexity index is 702. The Morgan fingerprint density at radius 1 is 1.00 bits per heavy atom. The van der Waals surface area contributed by atoms with E-state index in [0.29, 0.717) is 12.3 Å². The van der Waals surface area contributed by atoms with Gasteiger partial charge in [0.05, 0.1) is 5.75 Å². The molecule has 2 aromatic carbocycles. The van der Waals surface area contributed by atoms with Gasteiger partial charge in [0.2, 0.25) is 11.8 Å². The Kier molecular flexibility index (Phi) is 8.01. The van der Waals surface area contributed by atoms with Crippen molar-refractivity contribution >= 4 is 45.2 Å². The summed E-state index contributed by atoms with van der Waals surface area (Å²) in [6.45, 7) is 2.39. The molecule has 6 heteroatoms. The number of carbonyl (C=O) groups is 2. The maximum Gasteiger partial charge on any atom is 0.230 e. The molecule has 0 spiro atoms. The third kappa shape index (κ3) is 7.75.